The number of benzene rings is 1. The van der Waals surface area contributed by atoms with Crippen LogP contribution in [0.1, 0.15) is 28.8 Å². The Morgan fingerprint density at radius 2 is 2.16 bits per heavy atom. The number of carbonyl (C=O) groups excluding carboxylic acids is 2. The second-order valence-electron chi connectivity index (χ2n) is 4.66. The number of hydrogen-bond donors (Lipinski definition) is 2. The van der Waals surface area contributed by atoms with Crippen molar-refractivity contribution in [3.8, 4) is 0 Å². The van der Waals surface area contributed by atoms with Gasteiger partial charge >= 0.3 is 0 Å². The minimum absolute atomic E-state index is 0.0437. The van der Waals surface area contributed by atoms with Gasteiger partial charge in [-0.3, -0.25) is 9.59 Å². The molecule has 0 bridgehead atoms. The Hall–Kier alpha value is -1.49. The van der Waals surface area contributed by atoms with Gasteiger partial charge in [0.25, 0.3) is 5.91 Å². The van der Waals surface area contributed by atoms with Gasteiger partial charge in [-0.05, 0) is 36.8 Å². The van der Waals surface area contributed by atoms with Crippen LogP contribution in [0.25, 0.3) is 0 Å². The first kappa shape index (κ1) is 13.9. The minimum atomic E-state index is -0.200. The lowest BCUT2D eigenvalue weighted by atomic mass is 10.1. The first-order valence-electron chi connectivity index (χ1n) is 6.34. The zero-order valence-electron chi connectivity index (χ0n) is 10.9. The van der Waals surface area contributed by atoms with E-state index in [4.69, 9.17) is 0 Å². The Kier molecular flexibility index (Phi) is 4.85. The van der Waals surface area contributed by atoms with Crippen molar-refractivity contribution in [3.63, 3.8) is 0 Å². The summed E-state index contributed by atoms with van der Waals surface area (Å²) in [6, 6.07) is 7.81. The number of rotatable bonds is 6. The van der Waals surface area contributed by atoms with E-state index in [0.29, 0.717) is 11.6 Å². The summed E-state index contributed by atoms with van der Waals surface area (Å²) in [5.74, 6) is 0.563. The second-order valence-corrected chi connectivity index (χ2v) is 5.52. The summed E-state index contributed by atoms with van der Waals surface area (Å²) in [7, 11) is 0. The van der Waals surface area contributed by atoms with Crippen LogP contribution in [0.5, 0.6) is 0 Å². The van der Waals surface area contributed by atoms with Gasteiger partial charge in [-0.25, -0.2) is 0 Å². The van der Waals surface area contributed by atoms with E-state index in [-0.39, 0.29) is 18.4 Å². The summed E-state index contributed by atoms with van der Waals surface area (Å²) in [5, 5.41) is 5.48. The Labute approximate surface area is 117 Å². The highest BCUT2D eigenvalue weighted by Crippen LogP contribution is 2.18. The van der Waals surface area contributed by atoms with E-state index >= 15 is 0 Å². The van der Waals surface area contributed by atoms with E-state index in [1.807, 2.05) is 24.5 Å². The lowest BCUT2D eigenvalue weighted by Gasteiger charge is -2.07. The molecular formula is C14H18N2O2S. The first-order valence-corrected chi connectivity index (χ1v) is 7.74. The van der Waals surface area contributed by atoms with Crippen molar-refractivity contribution in [3.05, 3.63) is 35.4 Å². The summed E-state index contributed by atoms with van der Waals surface area (Å²) in [6.45, 7) is 0.0437. The fourth-order valence-corrected chi connectivity index (χ4v) is 2.25. The molecule has 2 N–H and O–H groups in total. The van der Waals surface area contributed by atoms with Gasteiger partial charge in [0.2, 0.25) is 5.91 Å². The van der Waals surface area contributed by atoms with Crippen molar-refractivity contribution in [1.29, 1.82) is 0 Å². The average Bonchev–Trinajstić information content (AvgIpc) is 3.20. The molecule has 5 heteroatoms. The topological polar surface area (TPSA) is 58.2 Å². The summed E-state index contributed by atoms with van der Waals surface area (Å²) in [5.41, 5.74) is 1.72. The highest BCUT2D eigenvalue weighted by molar-refractivity contribution is 7.97. The standard InChI is InChI=1S/C14H18N2O2S/c1-19-9-10-3-2-4-11(7-10)14(18)15-8-13(17)16-12-5-6-12/h2-4,7,12H,5-6,8-9H2,1H3,(H,15,18)(H,16,17). The predicted molar refractivity (Wildman–Crippen MR) is 77.2 cm³/mol. The lowest BCUT2D eigenvalue weighted by molar-refractivity contribution is -0.120. The van der Waals surface area contributed by atoms with E-state index in [0.717, 1.165) is 24.2 Å². The largest absolute Gasteiger partial charge is 0.352 e. The number of amides is 2. The summed E-state index contributed by atoms with van der Waals surface area (Å²) >= 11 is 1.71. The van der Waals surface area contributed by atoms with Gasteiger partial charge < -0.3 is 10.6 Å². The minimum Gasteiger partial charge on any atom is -0.352 e. The molecule has 1 aromatic rings. The predicted octanol–water partition coefficient (Wildman–Crippen LogP) is 1.56. The van der Waals surface area contributed by atoms with Gasteiger partial charge in [0, 0.05) is 17.4 Å². The van der Waals surface area contributed by atoms with E-state index in [9.17, 15) is 9.59 Å². The van der Waals surface area contributed by atoms with Crippen molar-refractivity contribution < 1.29 is 9.59 Å². The number of carbonyl (C=O) groups is 2. The molecular weight excluding hydrogens is 260 g/mol. The molecule has 1 fully saturated rings. The van der Waals surface area contributed by atoms with Gasteiger partial charge in [-0.15, -0.1) is 0 Å². The van der Waals surface area contributed by atoms with Crippen LogP contribution in [0.4, 0.5) is 0 Å². The van der Waals surface area contributed by atoms with Crippen molar-refractivity contribution in [1.82, 2.24) is 10.6 Å². The van der Waals surface area contributed by atoms with Crippen LogP contribution < -0.4 is 10.6 Å². The fraction of sp³-hybridized carbons (Fsp3) is 0.429. The van der Waals surface area contributed by atoms with Crippen molar-refractivity contribution in [2.45, 2.75) is 24.6 Å². The molecule has 102 valence electrons. The van der Waals surface area contributed by atoms with Crippen molar-refractivity contribution in [2.24, 2.45) is 0 Å². The van der Waals surface area contributed by atoms with Gasteiger partial charge in [0.15, 0.2) is 0 Å². The highest BCUT2D eigenvalue weighted by Gasteiger charge is 2.23. The fourth-order valence-electron chi connectivity index (χ4n) is 1.74. The summed E-state index contributed by atoms with van der Waals surface area (Å²) in [6.07, 6.45) is 4.13. The molecule has 2 amide bonds. The molecule has 1 aromatic carbocycles. The van der Waals surface area contributed by atoms with Crippen LogP contribution in [0.15, 0.2) is 24.3 Å². The normalized spacial score (nSPS) is 13.9. The van der Waals surface area contributed by atoms with E-state index in [1.165, 1.54) is 0 Å². The maximum atomic E-state index is 11.9. The van der Waals surface area contributed by atoms with Crippen LogP contribution >= 0.6 is 11.8 Å². The molecule has 1 aliphatic carbocycles. The molecule has 0 saturated heterocycles. The monoisotopic (exact) mass is 278 g/mol. The summed E-state index contributed by atoms with van der Waals surface area (Å²) in [4.78, 5) is 23.4. The van der Waals surface area contributed by atoms with E-state index < -0.39 is 0 Å². The molecule has 4 nitrogen and oxygen atoms in total. The quantitative estimate of drug-likeness (QED) is 0.830. The molecule has 0 aliphatic heterocycles. The first-order chi connectivity index (χ1) is 9.19. The molecule has 0 spiro atoms. The second kappa shape index (κ2) is 6.61. The van der Waals surface area contributed by atoms with E-state index in [2.05, 4.69) is 10.6 Å². The third-order valence-corrected chi connectivity index (χ3v) is 3.47. The highest BCUT2D eigenvalue weighted by atomic mass is 32.2. The van der Waals surface area contributed by atoms with Crippen LogP contribution in [-0.2, 0) is 10.5 Å². The van der Waals surface area contributed by atoms with Crippen molar-refractivity contribution >= 4 is 23.6 Å². The lowest BCUT2D eigenvalue weighted by Crippen LogP contribution is -2.37. The molecule has 0 aromatic heterocycles. The van der Waals surface area contributed by atoms with Crippen LogP contribution in [0.2, 0.25) is 0 Å². The molecule has 0 heterocycles. The Morgan fingerprint density at radius 1 is 1.37 bits per heavy atom. The Morgan fingerprint density at radius 3 is 2.84 bits per heavy atom. The van der Waals surface area contributed by atoms with Crippen LogP contribution in [-0.4, -0.2) is 30.7 Å². The van der Waals surface area contributed by atoms with Crippen LogP contribution in [0, 0.1) is 0 Å². The van der Waals surface area contributed by atoms with Gasteiger partial charge in [0.1, 0.15) is 0 Å². The van der Waals surface area contributed by atoms with Crippen molar-refractivity contribution in [2.75, 3.05) is 12.8 Å². The zero-order chi connectivity index (χ0) is 13.7. The molecule has 0 unspecified atom stereocenters. The molecule has 0 atom stereocenters. The molecule has 1 aliphatic rings. The van der Waals surface area contributed by atoms with Gasteiger partial charge in [0.05, 0.1) is 6.54 Å². The SMILES string of the molecule is CSCc1cccc(C(=O)NCC(=O)NC2CC2)c1. The maximum absolute atomic E-state index is 11.9. The van der Waals surface area contributed by atoms with Gasteiger partial charge in [-0.1, -0.05) is 12.1 Å². The Bertz CT molecular complexity index is 472. The zero-order valence-corrected chi connectivity index (χ0v) is 11.8. The molecule has 0 radical (unpaired) electrons. The number of hydrogen-bond acceptors (Lipinski definition) is 3. The molecule has 2 rings (SSSR count). The smallest absolute Gasteiger partial charge is 0.251 e. The van der Waals surface area contributed by atoms with Gasteiger partial charge in [-0.2, -0.15) is 11.8 Å². The third-order valence-electron chi connectivity index (χ3n) is 2.85. The van der Waals surface area contributed by atoms with E-state index in [1.54, 1.807) is 17.8 Å². The average molecular weight is 278 g/mol. The number of nitrogens with one attached hydrogen (secondary N) is 2. The molecule has 19 heavy (non-hydrogen) atoms. The maximum Gasteiger partial charge on any atom is 0.251 e. The number of thioether (sulfide) groups is 1. The Balaban J connectivity index is 1.84. The third kappa shape index (κ3) is 4.59. The van der Waals surface area contributed by atoms with Crippen LogP contribution in [0.3, 0.4) is 0 Å². The summed E-state index contributed by atoms with van der Waals surface area (Å²) < 4.78 is 0. The molecule has 1 saturated carbocycles.